The largest absolute Gasteiger partial charge is 0.496 e. The van der Waals surface area contributed by atoms with Gasteiger partial charge < -0.3 is 18.7 Å². The average molecular weight is 392 g/mol. The van der Waals surface area contributed by atoms with Gasteiger partial charge in [-0.25, -0.2) is 4.68 Å². The zero-order valence-corrected chi connectivity index (χ0v) is 16.3. The first-order chi connectivity index (χ1) is 14.2. The highest BCUT2D eigenvalue weighted by atomic mass is 16.5. The summed E-state index contributed by atoms with van der Waals surface area (Å²) < 4.78 is 23.2. The maximum Gasteiger partial charge on any atom is 0.161 e. The maximum absolute atomic E-state index is 5.48. The van der Waals surface area contributed by atoms with E-state index in [1.165, 1.54) is 0 Å². The quantitative estimate of drug-likeness (QED) is 0.474. The molecule has 0 saturated carbocycles. The summed E-state index contributed by atoms with van der Waals surface area (Å²) in [7, 11) is 4.83. The molecule has 0 aliphatic heterocycles. The summed E-state index contributed by atoms with van der Waals surface area (Å²) in [5.74, 6) is 2.69. The molecule has 0 spiro atoms. The minimum Gasteiger partial charge on any atom is -0.496 e. The molecule has 8 nitrogen and oxygen atoms in total. The Morgan fingerprint density at radius 2 is 1.66 bits per heavy atom. The normalized spacial score (nSPS) is 10.7. The first kappa shape index (κ1) is 18.5. The third-order valence-electron chi connectivity index (χ3n) is 4.48. The highest BCUT2D eigenvalue weighted by Gasteiger charge is 2.13. The average Bonchev–Trinajstić information content (AvgIpc) is 3.43. The molecule has 0 atom stereocenters. The topological polar surface area (TPSA) is 84.4 Å². The van der Waals surface area contributed by atoms with Crippen molar-refractivity contribution in [1.82, 2.24) is 20.2 Å². The molecule has 4 rings (SSSR count). The Labute approximate surface area is 167 Å². The Morgan fingerprint density at radius 3 is 2.45 bits per heavy atom. The third kappa shape index (κ3) is 3.77. The fraction of sp³-hybridized carbons (Fsp3) is 0.190. The van der Waals surface area contributed by atoms with Crippen LogP contribution in [0.3, 0.4) is 0 Å². The van der Waals surface area contributed by atoms with Crippen molar-refractivity contribution in [2.45, 2.75) is 6.54 Å². The molecule has 2 aromatic heterocycles. The lowest BCUT2D eigenvalue weighted by Gasteiger charge is -2.07. The molecule has 4 aromatic rings. The summed E-state index contributed by atoms with van der Waals surface area (Å²) in [6, 6.07) is 15.1. The number of nitrogens with zero attached hydrogens (tertiary/aromatic N) is 4. The molecule has 0 fully saturated rings. The van der Waals surface area contributed by atoms with Crippen LogP contribution < -0.4 is 14.2 Å². The van der Waals surface area contributed by atoms with Crippen molar-refractivity contribution in [2.75, 3.05) is 21.3 Å². The van der Waals surface area contributed by atoms with E-state index in [4.69, 9.17) is 18.7 Å². The first-order valence-electron chi connectivity index (χ1n) is 8.93. The van der Waals surface area contributed by atoms with E-state index in [1.54, 1.807) is 26.0 Å². The van der Waals surface area contributed by atoms with Gasteiger partial charge >= 0.3 is 0 Å². The van der Waals surface area contributed by atoms with Gasteiger partial charge in [0.05, 0.1) is 27.5 Å². The lowest BCUT2D eigenvalue weighted by molar-refractivity contribution is 0.355. The van der Waals surface area contributed by atoms with Crippen LogP contribution in [-0.2, 0) is 6.54 Å². The molecule has 0 bridgehead atoms. The number of hydrogen-bond acceptors (Lipinski definition) is 7. The van der Waals surface area contributed by atoms with E-state index >= 15 is 0 Å². The van der Waals surface area contributed by atoms with Gasteiger partial charge in [0.15, 0.2) is 17.3 Å². The Kier molecular flexibility index (Phi) is 5.15. The Morgan fingerprint density at radius 1 is 0.862 bits per heavy atom. The summed E-state index contributed by atoms with van der Waals surface area (Å²) in [4.78, 5) is 0. The van der Waals surface area contributed by atoms with Gasteiger partial charge in [0.2, 0.25) is 0 Å². The van der Waals surface area contributed by atoms with Gasteiger partial charge in [-0.15, -0.1) is 5.10 Å². The number of rotatable bonds is 7. The highest BCUT2D eigenvalue weighted by molar-refractivity contribution is 5.66. The van der Waals surface area contributed by atoms with Gasteiger partial charge in [0.1, 0.15) is 23.7 Å². The van der Waals surface area contributed by atoms with Crippen molar-refractivity contribution in [2.24, 2.45) is 0 Å². The van der Waals surface area contributed by atoms with Gasteiger partial charge in [-0.2, -0.15) is 0 Å². The van der Waals surface area contributed by atoms with Crippen LogP contribution in [0.25, 0.3) is 22.5 Å². The molecule has 8 heteroatoms. The van der Waals surface area contributed by atoms with Crippen LogP contribution in [0, 0.1) is 0 Å². The summed E-state index contributed by atoms with van der Waals surface area (Å²) >= 11 is 0. The molecule has 2 heterocycles. The van der Waals surface area contributed by atoms with E-state index in [1.807, 2.05) is 54.7 Å². The Bertz CT molecular complexity index is 1120. The summed E-state index contributed by atoms with van der Waals surface area (Å²) in [5.41, 5.74) is 3.17. The number of para-hydroxylation sites is 1. The molecule has 29 heavy (non-hydrogen) atoms. The molecule has 0 saturated heterocycles. The maximum atomic E-state index is 5.48. The lowest BCUT2D eigenvalue weighted by Crippen LogP contribution is -1.98. The van der Waals surface area contributed by atoms with Crippen LogP contribution >= 0.6 is 0 Å². The summed E-state index contributed by atoms with van der Waals surface area (Å²) in [5, 5.41) is 12.6. The number of benzene rings is 2. The molecule has 0 N–H and O–H groups in total. The zero-order valence-electron chi connectivity index (χ0n) is 16.3. The minimum atomic E-state index is 0.405. The van der Waals surface area contributed by atoms with E-state index < -0.39 is 0 Å². The molecular weight excluding hydrogens is 372 g/mol. The molecular formula is C21H20N4O4. The standard InChI is InChI=1S/C21H20N4O4/c1-26-19-7-5-4-6-16(19)18-13-25(24-22-18)12-15-11-17(23-29-15)14-8-9-20(27-2)21(10-14)28-3/h4-11,13H,12H2,1-3H3. The predicted molar refractivity (Wildman–Crippen MR) is 106 cm³/mol. The van der Waals surface area contributed by atoms with Crippen molar-refractivity contribution in [3.8, 4) is 39.8 Å². The van der Waals surface area contributed by atoms with E-state index in [0.717, 1.165) is 22.6 Å². The molecule has 2 aromatic carbocycles. The fourth-order valence-corrected chi connectivity index (χ4v) is 3.03. The van der Waals surface area contributed by atoms with Crippen LogP contribution in [0.5, 0.6) is 17.2 Å². The zero-order chi connectivity index (χ0) is 20.2. The van der Waals surface area contributed by atoms with E-state index in [2.05, 4.69) is 15.5 Å². The molecule has 0 radical (unpaired) electrons. The fourth-order valence-electron chi connectivity index (χ4n) is 3.03. The van der Waals surface area contributed by atoms with Gasteiger partial charge in [0, 0.05) is 17.2 Å². The number of hydrogen-bond donors (Lipinski definition) is 0. The highest BCUT2D eigenvalue weighted by Crippen LogP contribution is 2.32. The minimum absolute atomic E-state index is 0.405. The number of ether oxygens (including phenoxy) is 3. The van der Waals surface area contributed by atoms with Crippen molar-refractivity contribution < 1.29 is 18.7 Å². The van der Waals surface area contributed by atoms with Crippen molar-refractivity contribution in [1.29, 1.82) is 0 Å². The van der Waals surface area contributed by atoms with Gasteiger partial charge in [-0.3, -0.25) is 0 Å². The Balaban J connectivity index is 1.54. The molecule has 0 amide bonds. The van der Waals surface area contributed by atoms with E-state index in [9.17, 15) is 0 Å². The predicted octanol–water partition coefficient (Wildman–Crippen LogP) is 3.67. The lowest BCUT2D eigenvalue weighted by atomic mass is 10.1. The SMILES string of the molecule is COc1ccc(-c2cc(Cn3cc(-c4ccccc4OC)nn3)on2)cc1OC. The van der Waals surface area contributed by atoms with Crippen LogP contribution in [0.15, 0.2) is 59.3 Å². The van der Waals surface area contributed by atoms with Crippen LogP contribution in [0.4, 0.5) is 0 Å². The smallest absolute Gasteiger partial charge is 0.161 e. The molecule has 0 unspecified atom stereocenters. The number of methoxy groups -OCH3 is 3. The van der Waals surface area contributed by atoms with Crippen molar-refractivity contribution in [3.05, 3.63) is 60.5 Å². The van der Waals surface area contributed by atoms with Crippen LogP contribution in [-0.4, -0.2) is 41.5 Å². The van der Waals surface area contributed by atoms with Crippen molar-refractivity contribution in [3.63, 3.8) is 0 Å². The van der Waals surface area contributed by atoms with Crippen molar-refractivity contribution >= 4 is 0 Å². The summed E-state index contributed by atoms with van der Waals surface area (Å²) in [6.07, 6.45) is 1.84. The monoisotopic (exact) mass is 392 g/mol. The van der Waals surface area contributed by atoms with Gasteiger partial charge in [-0.1, -0.05) is 22.5 Å². The molecule has 148 valence electrons. The second-order valence-electron chi connectivity index (χ2n) is 6.25. The van der Waals surface area contributed by atoms with E-state index in [0.29, 0.717) is 29.5 Å². The molecule has 0 aliphatic rings. The Hall–Kier alpha value is -3.81. The first-order valence-corrected chi connectivity index (χ1v) is 8.93. The summed E-state index contributed by atoms with van der Waals surface area (Å²) in [6.45, 7) is 0.405. The molecule has 0 aliphatic carbocycles. The van der Waals surface area contributed by atoms with Crippen LogP contribution in [0.2, 0.25) is 0 Å². The second kappa shape index (κ2) is 8.05. The van der Waals surface area contributed by atoms with Crippen LogP contribution in [0.1, 0.15) is 5.76 Å². The van der Waals surface area contributed by atoms with E-state index in [-0.39, 0.29) is 0 Å². The second-order valence-corrected chi connectivity index (χ2v) is 6.25. The van der Waals surface area contributed by atoms with Gasteiger partial charge in [-0.05, 0) is 30.3 Å². The van der Waals surface area contributed by atoms with Gasteiger partial charge in [0.25, 0.3) is 0 Å². The number of aromatic nitrogens is 4. The third-order valence-corrected chi connectivity index (χ3v) is 4.48.